The molecule has 0 bridgehead atoms. The van der Waals surface area contributed by atoms with Gasteiger partial charge in [0.15, 0.2) is 0 Å². The number of piperazine rings is 1. The summed E-state index contributed by atoms with van der Waals surface area (Å²) < 4.78 is 0. The average Bonchev–Trinajstić information content (AvgIpc) is 2.48. The number of nitrogens with zero attached hydrogens (tertiary/aromatic N) is 2. The van der Waals surface area contributed by atoms with E-state index in [1.165, 1.54) is 17.7 Å². The molecule has 1 fully saturated rings. The zero-order valence-corrected chi connectivity index (χ0v) is 11.9. The second-order valence-electron chi connectivity index (χ2n) is 4.35. The summed E-state index contributed by atoms with van der Waals surface area (Å²) in [5.74, 6) is 0. The molecule has 5 nitrogen and oxygen atoms in total. The Kier molecular flexibility index (Phi) is 6.92. The summed E-state index contributed by atoms with van der Waals surface area (Å²) in [6.07, 6.45) is 0. The number of rotatable bonds is 1. The van der Waals surface area contributed by atoms with Crippen LogP contribution in [-0.4, -0.2) is 56.3 Å². The minimum Gasteiger partial charge on any atom is -0.320 e. The van der Waals surface area contributed by atoms with E-state index in [1.54, 1.807) is 11.9 Å². The summed E-state index contributed by atoms with van der Waals surface area (Å²) in [6.45, 7) is 5.33. The first-order valence-corrected chi connectivity index (χ1v) is 6.44. The van der Waals surface area contributed by atoms with Crippen LogP contribution in [0.25, 0.3) is 0 Å². The molecule has 0 unspecified atom stereocenters. The predicted octanol–water partition coefficient (Wildman–Crippen LogP) is 1.50. The molecule has 1 aliphatic heterocycles. The first-order chi connectivity index (χ1) is 9.15. The minimum atomic E-state index is -0.0704. The maximum atomic E-state index is 11.4. The quantitative estimate of drug-likeness (QED) is 0.783. The van der Waals surface area contributed by atoms with Crippen molar-refractivity contribution in [1.82, 2.24) is 15.3 Å². The molecule has 1 aliphatic rings. The molecule has 1 N–H and O–H groups in total. The van der Waals surface area contributed by atoms with Crippen LogP contribution in [0.2, 0.25) is 0 Å². The molecule has 106 valence electrons. The van der Waals surface area contributed by atoms with Gasteiger partial charge in [-0.05, 0) is 6.92 Å². The monoisotopic (exact) mass is 265 g/mol. The number of nitrogens with one attached hydrogen (secondary N) is 1. The Morgan fingerprint density at radius 2 is 1.84 bits per heavy atom. The summed E-state index contributed by atoms with van der Waals surface area (Å²) in [7, 11) is 3.10. The van der Waals surface area contributed by atoms with E-state index in [4.69, 9.17) is 4.84 Å². The van der Waals surface area contributed by atoms with E-state index >= 15 is 0 Å². The van der Waals surface area contributed by atoms with Crippen LogP contribution in [0.3, 0.4) is 0 Å². The van der Waals surface area contributed by atoms with Gasteiger partial charge in [-0.1, -0.05) is 35.9 Å². The maximum absolute atomic E-state index is 11.4. The van der Waals surface area contributed by atoms with Crippen molar-refractivity contribution in [2.24, 2.45) is 0 Å². The third-order valence-corrected chi connectivity index (χ3v) is 2.87. The van der Waals surface area contributed by atoms with Gasteiger partial charge in [0, 0.05) is 33.2 Å². The molecule has 2 amide bonds. The SMILES string of the molecule is CON(C)C(=O)N1CCNCC1.Cc1ccccc1. The van der Waals surface area contributed by atoms with E-state index in [1.807, 2.05) is 18.2 Å². The fraction of sp³-hybridized carbons (Fsp3) is 0.500. The summed E-state index contributed by atoms with van der Waals surface area (Å²) in [4.78, 5) is 18.0. The number of hydrogen-bond donors (Lipinski definition) is 1. The Balaban J connectivity index is 0.000000218. The molecule has 1 saturated heterocycles. The molecule has 0 aromatic heterocycles. The molecule has 5 heteroatoms. The van der Waals surface area contributed by atoms with Gasteiger partial charge in [-0.15, -0.1) is 0 Å². The number of urea groups is 1. The highest BCUT2D eigenvalue weighted by Gasteiger charge is 2.19. The van der Waals surface area contributed by atoms with Crippen LogP contribution in [0, 0.1) is 6.92 Å². The molecule has 0 aliphatic carbocycles. The third-order valence-electron chi connectivity index (χ3n) is 2.87. The lowest BCUT2D eigenvalue weighted by atomic mass is 10.2. The molecule has 0 radical (unpaired) electrons. The number of aryl methyl sites for hydroxylation is 1. The zero-order valence-electron chi connectivity index (χ0n) is 11.9. The first-order valence-electron chi connectivity index (χ1n) is 6.44. The van der Waals surface area contributed by atoms with Gasteiger partial charge in [0.2, 0.25) is 0 Å². The molecule has 0 atom stereocenters. The van der Waals surface area contributed by atoms with E-state index in [9.17, 15) is 4.79 Å². The predicted molar refractivity (Wildman–Crippen MR) is 75.8 cm³/mol. The van der Waals surface area contributed by atoms with Gasteiger partial charge in [0.05, 0.1) is 7.11 Å². The lowest BCUT2D eigenvalue weighted by Crippen LogP contribution is -2.50. The van der Waals surface area contributed by atoms with Crippen LogP contribution in [-0.2, 0) is 4.84 Å². The second kappa shape index (κ2) is 8.50. The maximum Gasteiger partial charge on any atom is 0.343 e. The smallest absolute Gasteiger partial charge is 0.320 e. The Bertz CT molecular complexity index is 364. The molecular formula is C14H23N3O2. The number of carbonyl (C=O) groups excluding carboxylic acids is 1. The molecule has 1 aromatic rings. The van der Waals surface area contributed by atoms with Gasteiger partial charge in [0.1, 0.15) is 0 Å². The highest BCUT2D eigenvalue weighted by molar-refractivity contribution is 5.73. The van der Waals surface area contributed by atoms with Gasteiger partial charge in [-0.2, -0.15) is 0 Å². The standard InChI is InChI=1S/C7H15N3O2.C7H8/c1-9(12-2)7(11)10-5-3-8-4-6-10;1-7-5-3-2-4-6-7/h8H,3-6H2,1-2H3;2-6H,1H3. The number of hydrogen-bond acceptors (Lipinski definition) is 3. The van der Waals surface area contributed by atoms with Crippen LogP contribution in [0.15, 0.2) is 30.3 Å². The second-order valence-corrected chi connectivity index (χ2v) is 4.35. The molecule has 0 spiro atoms. The van der Waals surface area contributed by atoms with Gasteiger partial charge >= 0.3 is 6.03 Å². The lowest BCUT2D eigenvalue weighted by molar-refractivity contribution is -0.0765. The van der Waals surface area contributed by atoms with Gasteiger partial charge < -0.3 is 10.2 Å². The number of amides is 2. The Morgan fingerprint density at radius 3 is 2.26 bits per heavy atom. The highest BCUT2D eigenvalue weighted by Crippen LogP contribution is 1.98. The van der Waals surface area contributed by atoms with Crippen LogP contribution in [0.5, 0.6) is 0 Å². The lowest BCUT2D eigenvalue weighted by Gasteiger charge is -2.30. The minimum absolute atomic E-state index is 0.0704. The summed E-state index contributed by atoms with van der Waals surface area (Å²) in [5, 5.41) is 4.41. The van der Waals surface area contributed by atoms with Crippen molar-refractivity contribution in [3.8, 4) is 0 Å². The summed E-state index contributed by atoms with van der Waals surface area (Å²) in [5.41, 5.74) is 1.32. The largest absolute Gasteiger partial charge is 0.343 e. The molecule has 1 aromatic carbocycles. The number of benzene rings is 1. The van der Waals surface area contributed by atoms with Gasteiger partial charge in [-0.25, -0.2) is 9.86 Å². The van der Waals surface area contributed by atoms with Crippen LogP contribution >= 0.6 is 0 Å². The van der Waals surface area contributed by atoms with Crippen molar-refractivity contribution in [3.05, 3.63) is 35.9 Å². The van der Waals surface area contributed by atoms with E-state index in [2.05, 4.69) is 24.4 Å². The molecule has 1 heterocycles. The van der Waals surface area contributed by atoms with Crippen molar-refractivity contribution < 1.29 is 9.63 Å². The van der Waals surface area contributed by atoms with Crippen LogP contribution in [0.1, 0.15) is 5.56 Å². The highest BCUT2D eigenvalue weighted by atomic mass is 16.7. The van der Waals surface area contributed by atoms with E-state index < -0.39 is 0 Å². The van der Waals surface area contributed by atoms with Gasteiger partial charge in [0.25, 0.3) is 0 Å². The van der Waals surface area contributed by atoms with Crippen molar-refractivity contribution in [2.75, 3.05) is 40.3 Å². The Hall–Kier alpha value is -1.59. The topological polar surface area (TPSA) is 44.8 Å². The fourth-order valence-corrected chi connectivity index (χ4v) is 1.67. The van der Waals surface area contributed by atoms with E-state index in [0.717, 1.165) is 26.2 Å². The van der Waals surface area contributed by atoms with Crippen LogP contribution < -0.4 is 5.32 Å². The van der Waals surface area contributed by atoms with E-state index in [0.29, 0.717) is 0 Å². The van der Waals surface area contributed by atoms with Gasteiger partial charge in [-0.3, -0.25) is 4.84 Å². The van der Waals surface area contributed by atoms with Crippen molar-refractivity contribution >= 4 is 6.03 Å². The third kappa shape index (κ3) is 5.72. The van der Waals surface area contributed by atoms with Crippen molar-refractivity contribution in [3.63, 3.8) is 0 Å². The van der Waals surface area contributed by atoms with Crippen LogP contribution in [0.4, 0.5) is 4.79 Å². The molecule has 0 saturated carbocycles. The normalized spacial score (nSPS) is 14.4. The molecule has 2 rings (SSSR count). The summed E-state index contributed by atoms with van der Waals surface area (Å²) >= 11 is 0. The number of carbonyl (C=O) groups is 1. The van der Waals surface area contributed by atoms with Crippen molar-refractivity contribution in [1.29, 1.82) is 0 Å². The molecular weight excluding hydrogens is 242 g/mol. The molecule has 19 heavy (non-hydrogen) atoms. The first kappa shape index (κ1) is 15.5. The Morgan fingerprint density at radius 1 is 1.26 bits per heavy atom. The van der Waals surface area contributed by atoms with Crippen molar-refractivity contribution in [2.45, 2.75) is 6.92 Å². The number of hydroxylamine groups is 2. The van der Waals surface area contributed by atoms with E-state index in [-0.39, 0.29) is 6.03 Å². The summed E-state index contributed by atoms with van der Waals surface area (Å²) in [6, 6.07) is 10.2. The average molecular weight is 265 g/mol. The zero-order chi connectivity index (χ0) is 14.1. The fourth-order valence-electron chi connectivity index (χ4n) is 1.67. The Labute approximate surface area is 115 Å².